The van der Waals surface area contributed by atoms with Crippen LogP contribution in [-0.4, -0.2) is 29.0 Å². The molecule has 2 aromatic heterocycles. The van der Waals surface area contributed by atoms with E-state index in [0.29, 0.717) is 12.0 Å². The van der Waals surface area contributed by atoms with Gasteiger partial charge < -0.3 is 10.6 Å². The molecule has 1 fully saturated rings. The van der Waals surface area contributed by atoms with E-state index in [1.165, 1.54) is 17.7 Å². The second-order valence-corrected chi connectivity index (χ2v) is 8.29. The summed E-state index contributed by atoms with van der Waals surface area (Å²) in [4.78, 5) is 24.0. The van der Waals surface area contributed by atoms with Gasteiger partial charge in [0.2, 0.25) is 5.91 Å². The lowest BCUT2D eigenvalue weighted by atomic mass is 10.0. The molecule has 5 nitrogen and oxygen atoms in total. The van der Waals surface area contributed by atoms with Gasteiger partial charge in [-0.15, -0.1) is 0 Å². The number of nitrogens with zero attached hydrogens (tertiary/aromatic N) is 3. The van der Waals surface area contributed by atoms with Crippen LogP contribution in [0.15, 0.2) is 42.6 Å². The van der Waals surface area contributed by atoms with E-state index in [4.69, 9.17) is 10.7 Å². The lowest BCUT2D eigenvalue weighted by Gasteiger charge is -2.19. The van der Waals surface area contributed by atoms with Crippen molar-refractivity contribution >= 4 is 11.6 Å². The molecule has 2 aliphatic rings. The summed E-state index contributed by atoms with van der Waals surface area (Å²) >= 11 is 0. The first-order valence-electron chi connectivity index (χ1n) is 10.1. The van der Waals surface area contributed by atoms with E-state index in [2.05, 4.69) is 35.0 Å². The van der Waals surface area contributed by atoms with E-state index in [0.717, 1.165) is 52.8 Å². The summed E-state index contributed by atoms with van der Waals surface area (Å²) in [6.07, 6.45) is 3.72. The third-order valence-electron chi connectivity index (χ3n) is 6.10. The van der Waals surface area contributed by atoms with Gasteiger partial charge in [-0.05, 0) is 60.7 Å². The lowest BCUT2D eigenvalue weighted by Crippen LogP contribution is -2.19. The molecule has 1 atom stereocenters. The number of hydrogen-bond acceptors (Lipinski definition) is 4. The zero-order valence-corrected chi connectivity index (χ0v) is 16.8. The van der Waals surface area contributed by atoms with Crippen LogP contribution >= 0.6 is 0 Å². The van der Waals surface area contributed by atoms with Crippen LogP contribution < -0.4 is 10.6 Å². The molecule has 1 saturated heterocycles. The minimum atomic E-state index is -0.411. The molecular weight excluding hydrogens is 360 g/mol. The molecule has 1 aliphatic heterocycles. The summed E-state index contributed by atoms with van der Waals surface area (Å²) in [6, 6.07) is 12.3. The largest absolute Gasteiger partial charge is 0.371 e. The van der Waals surface area contributed by atoms with Crippen LogP contribution in [-0.2, 0) is 6.42 Å². The molecule has 5 heteroatoms. The lowest BCUT2D eigenvalue weighted by molar-refractivity contribution is 0.0999. The van der Waals surface area contributed by atoms with Crippen LogP contribution in [0.1, 0.15) is 40.5 Å². The monoisotopic (exact) mass is 384 g/mol. The number of carbonyl (C=O) groups excluding carboxylic acids is 1. The maximum absolute atomic E-state index is 12.2. The number of nitrogens with two attached hydrogens (primary N) is 1. The van der Waals surface area contributed by atoms with Crippen molar-refractivity contribution in [3.8, 4) is 22.5 Å². The minimum absolute atomic E-state index is 0.411. The number of hydrogen-bond donors (Lipinski definition) is 1. The number of amides is 1. The highest BCUT2D eigenvalue weighted by Crippen LogP contribution is 2.40. The number of fused-ring (bicyclic) bond motifs is 3. The summed E-state index contributed by atoms with van der Waals surface area (Å²) in [5.41, 5.74) is 14.2. The fourth-order valence-electron chi connectivity index (χ4n) is 4.47. The number of benzene rings is 1. The molecule has 0 unspecified atom stereocenters. The zero-order chi connectivity index (χ0) is 20.1. The molecule has 3 heterocycles. The average Bonchev–Trinajstić information content (AvgIpc) is 3.30. The number of primary amides is 1. The fraction of sp³-hybridized carbons (Fsp3) is 0.292. The Bertz CT molecular complexity index is 1120. The van der Waals surface area contributed by atoms with E-state index in [1.54, 1.807) is 6.20 Å². The SMILES string of the molecule is Cc1ccc(-c2cc(C(N)=O)c3c(n2)-c2ccc(N4CC[C@@H](C)C4)cc2C3)cn1. The van der Waals surface area contributed by atoms with Crippen molar-refractivity contribution in [3.63, 3.8) is 0 Å². The van der Waals surface area contributed by atoms with Crippen LogP contribution in [0.25, 0.3) is 22.5 Å². The first-order chi connectivity index (χ1) is 14.0. The van der Waals surface area contributed by atoms with Gasteiger partial charge in [-0.3, -0.25) is 9.78 Å². The molecule has 1 aromatic carbocycles. The standard InChI is InChI=1S/C24H24N4O/c1-14-7-8-28(13-14)18-5-6-19-17(9-18)10-20-21(24(25)29)11-22(27-23(19)20)16-4-3-15(2)26-12-16/h3-6,9,11-12,14H,7-8,10,13H2,1-2H3,(H2,25,29)/t14-/m1/s1. The maximum atomic E-state index is 12.2. The fourth-order valence-corrected chi connectivity index (χ4v) is 4.47. The van der Waals surface area contributed by atoms with E-state index in [-0.39, 0.29) is 0 Å². The first kappa shape index (κ1) is 17.9. The van der Waals surface area contributed by atoms with Crippen LogP contribution in [0.2, 0.25) is 0 Å². The molecule has 146 valence electrons. The zero-order valence-electron chi connectivity index (χ0n) is 16.8. The smallest absolute Gasteiger partial charge is 0.249 e. The maximum Gasteiger partial charge on any atom is 0.249 e. The topological polar surface area (TPSA) is 72.1 Å². The van der Waals surface area contributed by atoms with Gasteiger partial charge in [0.05, 0.1) is 11.4 Å². The van der Waals surface area contributed by atoms with Crippen molar-refractivity contribution in [2.24, 2.45) is 11.7 Å². The van der Waals surface area contributed by atoms with Crippen molar-refractivity contribution < 1.29 is 4.79 Å². The Morgan fingerprint density at radius 2 is 2.07 bits per heavy atom. The number of carbonyl (C=O) groups is 1. The van der Waals surface area contributed by atoms with Gasteiger partial charge in [-0.2, -0.15) is 0 Å². The number of pyridine rings is 2. The highest BCUT2D eigenvalue weighted by molar-refractivity contribution is 5.98. The Balaban J connectivity index is 1.60. The summed E-state index contributed by atoms with van der Waals surface area (Å²) in [6.45, 7) is 6.45. The molecule has 0 spiro atoms. The average molecular weight is 384 g/mol. The van der Waals surface area contributed by atoms with Crippen molar-refractivity contribution in [1.29, 1.82) is 0 Å². The van der Waals surface area contributed by atoms with Crippen LogP contribution in [0.4, 0.5) is 5.69 Å². The summed E-state index contributed by atoms with van der Waals surface area (Å²) < 4.78 is 0. The van der Waals surface area contributed by atoms with Gasteiger partial charge in [0, 0.05) is 53.8 Å². The molecule has 2 N–H and O–H groups in total. The molecule has 0 saturated carbocycles. The first-order valence-corrected chi connectivity index (χ1v) is 10.1. The number of anilines is 1. The minimum Gasteiger partial charge on any atom is -0.371 e. The Morgan fingerprint density at radius 1 is 1.21 bits per heavy atom. The van der Waals surface area contributed by atoms with Gasteiger partial charge in [0.15, 0.2) is 0 Å². The predicted molar refractivity (Wildman–Crippen MR) is 115 cm³/mol. The predicted octanol–water partition coefficient (Wildman–Crippen LogP) is 3.97. The molecule has 5 rings (SSSR count). The molecule has 0 bridgehead atoms. The third kappa shape index (κ3) is 3.07. The molecule has 1 amide bonds. The molecule has 1 aliphatic carbocycles. The summed E-state index contributed by atoms with van der Waals surface area (Å²) in [5, 5.41) is 0. The second-order valence-electron chi connectivity index (χ2n) is 8.29. The van der Waals surface area contributed by atoms with Crippen molar-refractivity contribution in [3.05, 3.63) is 65.0 Å². The second kappa shape index (κ2) is 6.69. The Hall–Kier alpha value is -3.21. The Kier molecular flexibility index (Phi) is 4.12. The van der Waals surface area contributed by atoms with Crippen molar-refractivity contribution in [2.45, 2.75) is 26.7 Å². The number of aryl methyl sites for hydroxylation is 1. The van der Waals surface area contributed by atoms with E-state index in [9.17, 15) is 4.79 Å². The van der Waals surface area contributed by atoms with E-state index < -0.39 is 5.91 Å². The van der Waals surface area contributed by atoms with Gasteiger partial charge >= 0.3 is 0 Å². The van der Waals surface area contributed by atoms with Gasteiger partial charge in [0.1, 0.15) is 0 Å². The van der Waals surface area contributed by atoms with Gasteiger partial charge in [-0.1, -0.05) is 13.0 Å². The Morgan fingerprint density at radius 3 is 2.76 bits per heavy atom. The summed E-state index contributed by atoms with van der Waals surface area (Å²) in [7, 11) is 0. The van der Waals surface area contributed by atoms with Crippen molar-refractivity contribution in [1.82, 2.24) is 9.97 Å². The Labute approximate surface area is 170 Å². The van der Waals surface area contributed by atoms with Crippen molar-refractivity contribution in [2.75, 3.05) is 18.0 Å². The number of aromatic nitrogens is 2. The van der Waals surface area contributed by atoms with Crippen LogP contribution in [0, 0.1) is 12.8 Å². The molecular formula is C24H24N4O. The van der Waals surface area contributed by atoms with Crippen LogP contribution in [0.3, 0.4) is 0 Å². The highest BCUT2D eigenvalue weighted by atomic mass is 16.1. The highest BCUT2D eigenvalue weighted by Gasteiger charge is 2.27. The molecule has 29 heavy (non-hydrogen) atoms. The molecule has 3 aromatic rings. The third-order valence-corrected chi connectivity index (χ3v) is 6.10. The quantitative estimate of drug-likeness (QED) is 0.580. The van der Waals surface area contributed by atoms with Gasteiger partial charge in [0.25, 0.3) is 0 Å². The van der Waals surface area contributed by atoms with Gasteiger partial charge in [-0.25, -0.2) is 4.98 Å². The molecule has 0 radical (unpaired) electrons. The number of rotatable bonds is 3. The van der Waals surface area contributed by atoms with E-state index in [1.807, 2.05) is 25.1 Å². The normalized spacial score (nSPS) is 17.3. The van der Waals surface area contributed by atoms with Crippen LogP contribution in [0.5, 0.6) is 0 Å². The summed E-state index contributed by atoms with van der Waals surface area (Å²) in [5.74, 6) is 0.320. The van der Waals surface area contributed by atoms with E-state index >= 15 is 0 Å².